The molecule has 1 unspecified atom stereocenters. The summed E-state index contributed by atoms with van der Waals surface area (Å²) in [6.07, 6.45) is 7.22. The summed E-state index contributed by atoms with van der Waals surface area (Å²) in [4.78, 5) is -0.419. The maximum atomic E-state index is 5.86. The standard InChI is InChI=1S/C9H17Cl3/c1-2-3-4-5-6-7-8(10)9(11)12/h8-9H,2-7H2,1H3. The van der Waals surface area contributed by atoms with Gasteiger partial charge in [-0.25, -0.2) is 0 Å². The Hall–Kier alpha value is 0.870. The Morgan fingerprint density at radius 2 is 1.50 bits per heavy atom. The molecule has 0 saturated carbocycles. The van der Waals surface area contributed by atoms with Crippen LogP contribution in [0.2, 0.25) is 0 Å². The summed E-state index contributed by atoms with van der Waals surface area (Å²) in [7, 11) is 0. The first kappa shape index (κ1) is 12.9. The van der Waals surface area contributed by atoms with Crippen molar-refractivity contribution < 1.29 is 0 Å². The zero-order chi connectivity index (χ0) is 9.40. The topological polar surface area (TPSA) is 0 Å². The normalized spacial score (nSPS) is 13.8. The third kappa shape index (κ3) is 7.52. The minimum atomic E-state index is -0.419. The largest absolute Gasteiger partial charge is 0.124 e. The van der Waals surface area contributed by atoms with Crippen LogP contribution in [0.5, 0.6) is 0 Å². The van der Waals surface area contributed by atoms with E-state index in [0.29, 0.717) is 0 Å². The first-order chi connectivity index (χ1) is 5.68. The van der Waals surface area contributed by atoms with Gasteiger partial charge in [-0.1, -0.05) is 39.0 Å². The molecular weight excluding hydrogens is 214 g/mol. The number of rotatable bonds is 7. The molecule has 0 heterocycles. The Labute approximate surface area is 90.6 Å². The molecule has 3 heteroatoms. The number of hydrogen-bond acceptors (Lipinski definition) is 0. The predicted octanol–water partition coefficient (Wildman–Crippen LogP) is 4.76. The lowest BCUT2D eigenvalue weighted by Gasteiger charge is -2.08. The summed E-state index contributed by atoms with van der Waals surface area (Å²) < 4.78 is 0. The van der Waals surface area contributed by atoms with Crippen molar-refractivity contribution in [3.63, 3.8) is 0 Å². The third-order valence-electron chi connectivity index (χ3n) is 1.86. The van der Waals surface area contributed by atoms with Crippen molar-refractivity contribution in [1.82, 2.24) is 0 Å². The smallest absolute Gasteiger partial charge is 0.120 e. The zero-order valence-electron chi connectivity index (χ0n) is 7.53. The van der Waals surface area contributed by atoms with Crippen LogP contribution in [0.3, 0.4) is 0 Å². The molecule has 0 N–H and O–H groups in total. The number of unbranched alkanes of at least 4 members (excludes halogenated alkanes) is 4. The van der Waals surface area contributed by atoms with Gasteiger partial charge in [-0.05, 0) is 6.42 Å². The fourth-order valence-corrected chi connectivity index (χ4v) is 1.48. The Bertz CT molecular complexity index is 93.8. The maximum absolute atomic E-state index is 5.86. The molecule has 0 aromatic heterocycles. The number of hydrogen-bond donors (Lipinski definition) is 0. The average Bonchev–Trinajstić information content (AvgIpc) is 2.03. The van der Waals surface area contributed by atoms with E-state index in [9.17, 15) is 0 Å². The summed E-state index contributed by atoms with van der Waals surface area (Å²) in [5.41, 5.74) is 0. The molecule has 0 amide bonds. The molecule has 0 aromatic carbocycles. The summed E-state index contributed by atoms with van der Waals surface area (Å²) >= 11 is 17.1. The number of halogens is 3. The van der Waals surface area contributed by atoms with E-state index in [2.05, 4.69) is 6.92 Å². The summed E-state index contributed by atoms with van der Waals surface area (Å²) in [6.45, 7) is 2.21. The Morgan fingerprint density at radius 3 is 2.00 bits per heavy atom. The van der Waals surface area contributed by atoms with Gasteiger partial charge in [-0.2, -0.15) is 0 Å². The fourth-order valence-electron chi connectivity index (χ4n) is 1.07. The van der Waals surface area contributed by atoms with Crippen LogP contribution in [-0.2, 0) is 0 Å². The first-order valence-corrected chi connectivity index (χ1v) is 5.91. The highest BCUT2D eigenvalue weighted by Crippen LogP contribution is 2.20. The van der Waals surface area contributed by atoms with Gasteiger partial charge < -0.3 is 0 Å². The van der Waals surface area contributed by atoms with Gasteiger partial charge in [0.15, 0.2) is 0 Å². The molecular formula is C9H17Cl3. The van der Waals surface area contributed by atoms with Crippen molar-refractivity contribution in [3.8, 4) is 0 Å². The molecule has 74 valence electrons. The summed E-state index contributed by atoms with van der Waals surface area (Å²) in [5.74, 6) is 0. The van der Waals surface area contributed by atoms with Crippen LogP contribution in [0, 0.1) is 0 Å². The molecule has 0 aromatic rings. The van der Waals surface area contributed by atoms with Crippen LogP contribution in [0.1, 0.15) is 45.4 Å². The molecule has 0 fully saturated rings. The Kier molecular flexibility index (Phi) is 9.08. The van der Waals surface area contributed by atoms with Gasteiger partial charge in [-0.15, -0.1) is 34.8 Å². The second-order valence-corrected chi connectivity index (χ2v) is 4.78. The minimum Gasteiger partial charge on any atom is -0.120 e. The monoisotopic (exact) mass is 230 g/mol. The van der Waals surface area contributed by atoms with E-state index < -0.39 is 4.84 Å². The second kappa shape index (κ2) is 8.47. The summed E-state index contributed by atoms with van der Waals surface area (Å²) in [5, 5.41) is -0.0741. The summed E-state index contributed by atoms with van der Waals surface area (Å²) in [6, 6.07) is 0. The molecule has 0 aliphatic heterocycles. The van der Waals surface area contributed by atoms with Crippen LogP contribution < -0.4 is 0 Å². The van der Waals surface area contributed by atoms with E-state index in [1.54, 1.807) is 0 Å². The van der Waals surface area contributed by atoms with Gasteiger partial charge >= 0.3 is 0 Å². The fraction of sp³-hybridized carbons (Fsp3) is 1.00. The van der Waals surface area contributed by atoms with Crippen molar-refractivity contribution in [1.29, 1.82) is 0 Å². The van der Waals surface area contributed by atoms with Crippen LogP contribution >= 0.6 is 34.8 Å². The van der Waals surface area contributed by atoms with Crippen LogP contribution in [0.15, 0.2) is 0 Å². The minimum absolute atomic E-state index is 0.0741. The molecule has 0 bridgehead atoms. The van der Waals surface area contributed by atoms with Crippen LogP contribution in [0.4, 0.5) is 0 Å². The second-order valence-electron chi connectivity index (χ2n) is 3.05. The number of alkyl halides is 3. The molecule has 0 saturated heterocycles. The van der Waals surface area contributed by atoms with E-state index >= 15 is 0 Å². The van der Waals surface area contributed by atoms with Crippen molar-refractivity contribution in [3.05, 3.63) is 0 Å². The van der Waals surface area contributed by atoms with E-state index in [0.717, 1.165) is 12.8 Å². The highest BCUT2D eigenvalue weighted by molar-refractivity contribution is 6.48. The molecule has 0 aliphatic rings. The molecule has 12 heavy (non-hydrogen) atoms. The average molecular weight is 232 g/mol. The zero-order valence-corrected chi connectivity index (χ0v) is 9.80. The van der Waals surface area contributed by atoms with Crippen molar-refractivity contribution in [2.45, 2.75) is 55.7 Å². The van der Waals surface area contributed by atoms with Crippen molar-refractivity contribution >= 4 is 34.8 Å². The van der Waals surface area contributed by atoms with Gasteiger partial charge in [0, 0.05) is 0 Å². The van der Waals surface area contributed by atoms with Gasteiger partial charge in [0.2, 0.25) is 0 Å². The molecule has 0 rings (SSSR count). The van der Waals surface area contributed by atoms with Gasteiger partial charge in [0.25, 0.3) is 0 Å². The van der Waals surface area contributed by atoms with E-state index in [1.807, 2.05) is 0 Å². The lowest BCUT2D eigenvalue weighted by atomic mass is 10.1. The molecule has 0 nitrogen and oxygen atoms in total. The maximum Gasteiger partial charge on any atom is 0.124 e. The molecule has 0 aliphatic carbocycles. The molecule has 0 radical (unpaired) electrons. The van der Waals surface area contributed by atoms with Gasteiger partial charge in [0.05, 0.1) is 5.38 Å². The van der Waals surface area contributed by atoms with Crippen LogP contribution in [-0.4, -0.2) is 10.2 Å². The van der Waals surface area contributed by atoms with Gasteiger partial charge in [0.1, 0.15) is 4.84 Å². The predicted molar refractivity (Wildman–Crippen MR) is 58.5 cm³/mol. The molecule has 1 atom stereocenters. The lowest BCUT2D eigenvalue weighted by Crippen LogP contribution is -2.07. The Balaban J connectivity index is 3.08. The highest BCUT2D eigenvalue weighted by atomic mass is 35.5. The van der Waals surface area contributed by atoms with Gasteiger partial charge in [-0.3, -0.25) is 0 Å². The van der Waals surface area contributed by atoms with E-state index in [1.165, 1.54) is 25.7 Å². The van der Waals surface area contributed by atoms with Crippen molar-refractivity contribution in [2.75, 3.05) is 0 Å². The highest BCUT2D eigenvalue weighted by Gasteiger charge is 2.12. The van der Waals surface area contributed by atoms with E-state index in [-0.39, 0.29) is 5.38 Å². The van der Waals surface area contributed by atoms with E-state index in [4.69, 9.17) is 34.8 Å². The van der Waals surface area contributed by atoms with Crippen molar-refractivity contribution in [2.24, 2.45) is 0 Å². The SMILES string of the molecule is CCCCCCCC(Cl)C(Cl)Cl. The molecule has 0 spiro atoms. The quantitative estimate of drug-likeness (QED) is 0.438. The first-order valence-electron chi connectivity index (χ1n) is 4.60. The van der Waals surface area contributed by atoms with Crippen LogP contribution in [0.25, 0.3) is 0 Å². The Morgan fingerprint density at radius 1 is 0.917 bits per heavy atom. The third-order valence-corrected chi connectivity index (χ3v) is 3.19. The lowest BCUT2D eigenvalue weighted by molar-refractivity contribution is 0.601.